The zero-order valence-electron chi connectivity index (χ0n) is 32.0. The van der Waals surface area contributed by atoms with Gasteiger partial charge in [0, 0.05) is 10.8 Å². The van der Waals surface area contributed by atoms with Gasteiger partial charge in [0.25, 0.3) is 0 Å². The molecule has 1 heterocycles. The van der Waals surface area contributed by atoms with Gasteiger partial charge in [0.1, 0.15) is 11.2 Å². The predicted molar refractivity (Wildman–Crippen MR) is 235 cm³/mol. The smallest absolute Gasteiger partial charge is 0.416 e. The van der Waals surface area contributed by atoms with E-state index in [2.05, 4.69) is 48.5 Å². The molecule has 1 aromatic heterocycles. The van der Waals surface area contributed by atoms with Gasteiger partial charge in [-0.05, 0) is 130 Å². The van der Waals surface area contributed by atoms with Crippen molar-refractivity contribution in [1.29, 1.82) is 0 Å². The summed E-state index contributed by atoms with van der Waals surface area (Å²) in [4.78, 5) is 0. The maximum absolute atomic E-state index is 13.6. The second kappa shape index (κ2) is 13.6. The zero-order chi connectivity index (χ0) is 41.6. The zero-order valence-corrected chi connectivity index (χ0v) is 32.0. The van der Waals surface area contributed by atoms with Gasteiger partial charge in [0.2, 0.25) is 0 Å². The average Bonchev–Trinajstić information content (AvgIpc) is 3.65. The molecule has 1 nitrogen and oxygen atoms in total. The van der Waals surface area contributed by atoms with Crippen molar-refractivity contribution in [2.45, 2.75) is 12.4 Å². The van der Waals surface area contributed by atoms with Crippen LogP contribution in [0.3, 0.4) is 0 Å². The third-order valence-electron chi connectivity index (χ3n) is 11.9. The Morgan fingerprint density at radius 3 is 1.05 bits per heavy atom. The minimum atomic E-state index is -4.44. The molecule has 0 aliphatic rings. The number of hydrogen-bond acceptors (Lipinski definition) is 1. The molecule has 0 saturated carbocycles. The molecule has 294 valence electrons. The lowest BCUT2D eigenvalue weighted by atomic mass is 9.84. The minimum Gasteiger partial charge on any atom is -0.456 e. The highest BCUT2D eigenvalue weighted by molar-refractivity contribution is 6.26. The fourth-order valence-electron chi connectivity index (χ4n) is 9.32. The van der Waals surface area contributed by atoms with Crippen LogP contribution in [0.2, 0.25) is 0 Å². The maximum atomic E-state index is 13.6. The van der Waals surface area contributed by atoms with E-state index in [9.17, 15) is 26.3 Å². The van der Waals surface area contributed by atoms with Crippen molar-refractivity contribution in [3.63, 3.8) is 0 Å². The number of benzene rings is 10. The first-order valence-electron chi connectivity index (χ1n) is 19.7. The van der Waals surface area contributed by atoms with Gasteiger partial charge in [-0.25, -0.2) is 0 Å². The van der Waals surface area contributed by atoms with Gasteiger partial charge in [0.05, 0.1) is 11.1 Å². The number of furan rings is 1. The van der Waals surface area contributed by atoms with E-state index >= 15 is 0 Å². The van der Waals surface area contributed by atoms with Crippen LogP contribution < -0.4 is 0 Å². The lowest BCUT2D eigenvalue weighted by molar-refractivity contribution is -0.138. The van der Waals surface area contributed by atoms with Gasteiger partial charge >= 0.3 is 12.4 Å². The van der Waals surface area contributed by atoms with Crippen molar-refractivity contribution >= 4 is 65.0 Å². The van der Waals surface area contributed by atoms with E-state index in [4.69, 9.17) is 4.42 Å². The van der Waals surface area contributed by atoms with Crippen LogP contribution in [-0.2, 0) is 12.4 Å². The van der Waals surface area contributed by atoms with Gasteiger partial charge < -0.3 is 4.42 Å². The summed E-state index contributed by atoms with van der Waals surface area (Å²) in [7, 11) is 0. The van der Waals surface area contributed by atoms with Crippen LogP contribution in [0.5, 0.6) is 0 Å². The molecule has 0 N–H and O–H groups in total. The SMILES string of the molecule is FC(F)(F)c1ccc(-c2c3ccccc3c(-c3ccc4c(c3)oc3cccc(-c5c6ccccc6c(-c6ccc(C(F)(F)F)cc6)c6ccccc56)c34)c3ccccc23)cc1. The summed E-state index contributed by atoms with van der Waals surface area (Å²) in [6, 6.07) is 55.0. The molecule has 0 unspecified atom stereocenters. The largest absolute Gasteiger partial charge is 0.456 e. The molecule has 11 aromatic rings. The summed E-state index contributed by atoms with van der Waals surface area (Å²) in [5, 5.41) is 9.36. The van der Waals surface area contributed by atoms with Crippen LogP contribution in [0.1, 0.15) is 11.1 Å². The normalized spacial score (nSPS) is 12.4. The van der Waals surface area contributed by atoms with Gasteiger partial charge in [-0.2, -0.15) is 26.3 Å². The number of fused-ring (bicyclic) bond motifs is 7. The molecular formula is C54H30F6O. The van der Waals surface area contributed by atoms with E-state index in [1.54, 1.807) is 24.3 Å². The molecule has 0 aliphatic heterocycles. The van der Waals surface area contributed by atoms with Crippen LogP contribution in [0, 0.1) is 0 Å². The molecule has 10 aromatic carbocycles. The molecule has 0 atom stereocenters. The van der Waals surface area contributed by atoms with Crippen molar-refractivity contribution in [2.24, 2.45) is 0 Å². The Balaban J connectivity index is 1.12. The summed E-state index contributed by atoms with van der Waals surface area (Å²) < 4.78 is 88.1. The van der Waals surface area contributed by atoms with Crippen LogP contribution in [-0.4, -0.2) is 0 Å². The Morgan fingerprint density at radius 2 is 0.656 bits per heavy atom. The third-order valence-corrected chi connectivity index (χ3v) is 11.9. The summed E-state index contributed by atoms with van der Waals surface area (Å²) in [6.07, 6.45) is -8.88. The molecule has 11 rings (SSSR count). The Kier molecular flexibility index (Phi) is 8.16. The first-order valence-corrected chi connectivity index (χ1v) is 19.7. The first-order chi connectivity index (χ1) is 29.5. The summed E-state index contributed by atoms with van der Waals surface area (Å²) in [5.74, 6) is 0. The maximum Gasteiger partial charge on any atom is 0.416 e. The molecule has 0 aliphatic carbocycles. The summed E-state index contributed by atoms with van der Waals surface area (Å²) >= 11 is 0. The van der Waals surface area contributed by atoms with E-state index in [0.29, 0.717) is 22.3 Å². The fraction of sp³-hybridized carbons (Fsp3) is 0.0370. The Bertz CT molecular complexity index is 3430. The van der Waals surface area contributed by atoms with Crippen molar-refractivity contribution in [3.8, 4) is 44.5 Å². The quantitative estimate of drug-likeness (QED) is 0.128. The third kappa shape index (κ3) is 5.87. The van der Waals surface area contributed by atoms with E-state index < -0.39 is 23.5 Å². The number of alkyl halides is 6. The molecule has 0 fully saturated rings. The highest BCUT2D eigenvalue weighted by atomic mass is 19.4. The Morgan fingerprint density at radius 1 is 0.295 bits per heavy atom. The second-order valence-electron chi connectivity index (χ2n) is 15.3. The molecule has 0 amide bonds. The van der Waals surface area contributed by atoms with Crippen molar-refractivity contribution in [3.05, 3.63) is 193 Å². The standard InChI is InChI=1S/C54H30F6O/c55-53(56,57)34-25-20-31(21-26-34)48-36-10-1-3-12-38(36)50(39-13-4-2-11-37(39)48)33-24-29-44-47(30-33)61-46-19-9-18-45(52(44)46)51-42-16-7-5-14-40(42)49(41-15-6-8-17-43(41)51)32-22-27-35(28-23-32)54(58,59)60/h1-30H. The highest BCUT2D eigenvalue weighted by Crippen LogP contribution is 2.49. The molecule has 0 radical (unpaired) electrons. The Labute approximate surface area is 344 Å². The van der Waals surface area contributed by atoms with Crippen molar-refractivity contribution < 1.29 is 30.8 Å². The van der Waals surface area contributed by atoms with Crippen LogP contribution in [0.25, 0.3) is 110 Å². The lowest BCUT2D eigenvalue weighted by Crippen LogP contribution is -2.04. The number of halogens is 6. The highest BCUT2D eigenvalue weighted by Gasteiger charge is 2.31. The van der Waals surface area contributed by atoms with Gasteiger partial charge in [-0.1, -0.05) is 140 Å². The van der Waals surface area contributed by atoms with Gasteiger partial charge in [-0.15, -0.1) is 0 Å². The van der Waals surface area contributed by atoms with E-state index in [0.717, 1.165) is 112 Å². The molecule has 0 spiro atoms. The van der Waals surface area contributed by atoms with E-state index in [-0.39, 0.29) is 0 Å². The van der Waals surface area contributed by atoms with Crippen molar-refractivity contribution in [2.75, 3.05) is 0 Å². The molecular weight excluding hydrogens is 779 g/mol. The van der Waals surface area contributed by atoms with Gasteiger partial charge in [0.15, 0.2) is 0 Å². The van der Waals surface area contributed by atoms with E-state index in [1.807, 2.05) is 84.9 Å². The van der Waals surface area contributed by atoms with Crippen LogP contribution in [0.4, 0.5) is 26.3 Å². The van der Waals surface area contributed by atoms with Crippen LogP contribution >= 0.6 is 0 Å². The molecule has 0 bridgehead atoms. The first kappa shape index (κ1) is 36.7. The average molecular weight is 809 g/mol. The number of rotatable bonds is 4. The van der Waals surface area contributed by atoms with Crippen LogP contribution in [0.15, 0.2) is 186 Å². The number of hydrogen-bond donors (Lipinski definition) is 0. The topological polar surface area (TPSA) is 13.1 Å². The van der Waals surface area contributed by atoms with E-state index in [1.165, 1.54) is 0 Å². The monoisotopic (exact) mass is 808 g/mol. The molecule has 0 saturated heterocycles. The van der Waals surface area contributed by atoms with Gasteiger partial charge in [-0.3, -0.25) is 0 Å². The summed E-state index contributed by atoms with van der Waals surface area (Å²) in [6.45, 7) is 0. The summed E-state index contributed by atoms with van der Waals surface area (Å²) in [5.41, 5.74) is 6.99. The fourth-order valence-corrected chi connectivity index (χ4v) is 9.32. The Hall–Kier alpha value is -7.38. The molecule has 7 heteroatoms. The second-order valence-corrected chi connectivity index (χ2v) is 15.3. The van der Waals surface area contributed by atoms with Crippen molar-refractivity contribution in [1.82, 2.24) is 0 Å². The lowest BCUT2D eigenvalue weighted by Gasteiger charge is -2.18. The minimum absolute atomic E-state index is 0.690. The predicted octanol–water partition coefficient (Wildman–Crippen LogP) is 16.9. The molecule has 61 heavy (non-hydrogen) atoms.